The molecule has 30 heavy (non-hydrogen) atoms. The van der Waals surface area contributed by atoms with Crippen LogP contribution in [-0.4, -0.2) is 18.4 Å². The van der Waals surface area contributed by atoms with Crippen molar-refractivity contribution in [3.05, 3.63) is 95.6 Å². The van der Waals surface area contributed by atoms with E-state index in [9.17, 15) is 9.59 Å². The van der Waals surface area contributed by atoms with Crippen LogP contribution in [0, 0.1) is 0 Å². The lowest BCUT2D eigenvalue weighted by atomic mass is 10.1. The summed E-state index contributed by atoms with van der Waals surface area (Å²) in [5.41, 5.74) is 2.88. The average molecular weight is 400 g/mol. The highest BCUT2D eigenvalue weighted by Crippen LogP contribution is 2.22. The summed E-state index contributed by atoms with van der Waals surface area (Å²) in [5, 5.41) is 5.73. The first-order valence-electron chi connectivity index (χ1n) is 9.78. The molecule has 0 saturated heterocycles. The number of benzene rings is 3. The zero-order valence-corrected chi connectivity index (χ0v) is 17.0. The normalized spacial score (nSPS) is 10.6. The van der Waals surface area contributed by atoms with Crippen molar-refractivity contribution in [2.24, 2.45) is 0 Å². The van der Waals surface area contributed by atoms with Gasteiger partial charge >= 0.3 is 0 Å². The van der Waals surface area contributed by atoms with Crippen LogP contribution in [0.2, 0.25) is 0 Å². The lowest BCUT2D eigenvalue weighted by molar-refractivity contribution is 0.102. The third-order valence-electron chi connectivity index (χ3n) is 4.36. The number of hydrogen-bond donors (Lipinski definition) is 2. The third kappa shape index (κ3) is 5.14. The minimum atomic E-state index is -0.339. The average Bonchev–Trinajstić information content (AvgIpc) is 2.75. The highest BCUT2D eigenvalue weighted by molar-refractivity contribution is 6.13. The fourth-order valence-electron chi connectivity index (χ4n) is 3.03. The largest absolute Gasteiger partial charge is 0.493 e. The molecule has 0 spiro atoms. The molecule has 0 heterocycles. The Morgan fingerprint density at radius 1 is 0.867 bits per heavy atom. The van der Waals surface area contributed by atoms with Gasteiger partial charge in [0.15, 0.2) is 0 Å². The summed E-state index contributed by atoms with van der Waals surface area (Å²) < 4.78 is 5.54. The first-order valence-corrected chi connectivity index (χ1v) is 9.78. The molecule has 5 nitrogen and oxygen atoms in total. The van der Waals surface area contributed by atoms with E-state index >= 15 is 0 Å². The molecule has 5 heteroatoms. The molecule has 2 amide bonds. The number of nitrogens with one attached hydrogen (secondary N) is 2. The number of amides is 2. The molecular weight excluding hydrogens is 376 g/mol. The molecule has 0 aliphatic carbocycles. The summed E-state index contributed by atoms with van der Waals surface area (Å²) in [7, 11) is 0. The second-order valence-electron chi connectivity index (χ2n) is 6.51. The second kappa shape index (κ2) is 10.1. The van der Waals surface area contributed by atoms with Crippen molar-refractivity contribution in [3.8, 4) is 5.75 Å². The summed E-state index contributed by atoms with van der Waals surface area (Å²) in [5.74, 6) is -0.142. The van der Waals surface area contributed by atoms with Crippen molar-refractivity contribution in [2.75, 3.05) is 17.2 Å². The van der Waals surface area contributed by atoms with Crippen LogP contribution in [0.15, 0.2) is 78.9 Å². The summed E-state index contributed by atoms with van der Waals surface area (Å²) in [4.78, 5) is 25.7. The summed E-state index contributed by atoms with van der Waals surface area (Å²) in [6.45, 7) is 4.25. The molecule has 0 aliphatic rings. The van der Waals surface area contributed by atoms with Gasteiger partial charge in [-0.1, -0.05) is 48.6 Å². The number of allylic oxidation sites excluding steroid dienone is 1. The molecule has 0 aliphatic heterocycles. The van der Waals surface area contributed by atoms with Crippen molar-refractivity contribution in [2.45, 2.75) is 13.8 Å². The first kappa shape index (κ1) is 20.9. The lowest BCUT2D eigenvalue weighted by Crippen LogP contribution is -2.19. The maximum atomic E-state index is 12.9. The van der Waals surface area contributed by atoms with E-state index in [4.69, 9.17) is 4.74 Å². The Bertz CT molecular complexity index is 1070. The Balaban J connectivity index is 1.81. The van der Waals surface area contributed by atoms with E-state index < -0.39 is 0 Å². The fraction of sp³-hybridized carbons (Fsp3) is 0.120. The monoisotopic (exact) mass is 400 g/mol. The van der Waals surface area contributed by atoms with Crippen molar-refractivity contribution >= 4 is 29.3 Å². The van der Waals surface area contributed by atoms with E-state index in [-0.39, 0.29) is 11.8 Å². The second-order valence-corrected chi connectivity index (χ2v) is 6.51. The molecule has 0 saturated carbocycles. The molecule has 3 rings (SSSR count). The minimum Gasteiger partial charge on any atom is -0.493 e. The summed E-state index contributed by atoms with van der Waals surface area (Å²) in [6, 6.07) is 21.5. The first-order chi connectivity index (χ1) is 14.6. The van der Waals surface area contributed by atoms with E-state index in [1.165, 1.54) is 0 Å². The third-order valence-corrected chi connectivity index (χ3v) is 4.36. The number of ether oxygens (including phenoxy) is 1. The lowest BCUT2D eigenvalue weighted by Gasteiger charge is -2.13. The molecule has 152 valence electrons. The molecular formula is C25H24N2O3. The van der Waals surface area contributed by atoms with Gasteiger partial charge in [0.05, 0.1) is 23.4 Å². The molecule has 0 unspecified atom stereocenters. The Kier molecular flexibility index (Phi) is 7.00. The Morgan fingerprint density at radius 2 is 1.57 bits per heavy atom. The van der Waals surface area contributed by atoms with Gasteiger partial charge in [0, 0.05) is 5.69 Å². The van der Waals surface area contributed by atoms with Gasteiger partial charge in [-0.05, 0) is 55.8 Å². The summed E-state index contributed by atoms with van der Waals surface area (Å²) >= 11 is 0. The molecule has 3 aromatic rings. The van der Waals surface area contributed by atoms with Crippen molar-refractivity contribution in [1.29, 1.82) is 0 Å². The molecule has 0 fully saturated rings. The van der Waals surface area contributed by atoms with Crippen LogP contribution >= 0.6 is 0 Å². The van der Waals surface area contributed by atoms with Gasteiger partial charge in [0.2, 0.25) is 0 Å². The van der Waals surface area contributed by atoms with E-state index in [1.54, 1.807) is 42.5 Å². The highest BCUT2D eigenvalue weighted by Gasteiger charge is 2.17. The number of hydrogen-bond acceptors (Lipinski definition) is 3. The maximum Gasteiger partial charge on any atom is 0.259 e. The maximum absolute atomic E-state index is 12.9. The van der Waals surface area contributed by atoms with Crippen LogP contribution in [0.5, 0.6) is 5.75 Å². The van der Waals surface area contributed by atoms with Crippen LogP contribution in [0.1, 0.15) is 40.1 Å². The number of rotatable bonds is 7. The Labute approximate surface area is 176 Å². The standard InChI is InChI=1S/C25H24N2O3/c1-3-10-18-11-9-12-19(17-18)26-24(28)20-13-5-7-15-22(20)27-25(29)21-14-6-8-16-23(21)30-4-2/h3,5-17H,4H2,1-2H3,(H,26,28)(H,27,29)/b10-3+. The van der Waals surface area contributed by atoms with E-state index in [0.29, 0.717) is 34.9 Å². The number of carbonyl (C=O) groups excluding carboxylic acids is 2. The predicted molar refractivity (Wildman–Crippen MR) is 121 cm³/mol. The molecule has 0 radical (unpaired) electrons. The van der Waals surface area contributed by atoms with Gasteiger partial charge in [-0.25, -0.2) is 0 Å². The van der Waals surface area contributed by atoms with Gasteiger partial charge in [-0.2, -0.15) is 0 Å². The molecule has 2 N–H and O–H groups in total. The van der Waals surface area contributed by atoms with Gasteiger partial charge in [-0.3, -0.25) is 9.59 Å². The van der Waals surface area contributed by atoms with Crippen molar-refractivity contribution in [3.63, 3.8) is 0 Å². The Morgan fingerprint density at radius 3 is 2.33 bits per heavy atom. The molecule has 3 aromatic carbocycles. The van der Waals surface area contributed by atoms with Crippen LogP contribution in [0.4, 0.5) is 11.4 Å². The predicted octanol–water partition coefficient (Wildman–Crippen LogP) is 5.62. The highest BCUT2D eigenvalue weighted by atomic mass is 16.5. The smallest absolute Gasteiger partial charge is 0.259 e. The topological polar surface area (TPSA) is 67.4 Å². The van der Waals surface area contributed by atoms with Crippen molar-refractivity contribution < 1.29 is 14.3 Å². The summed E-state index contributed by atoms with van der Waals surface area (Å²) in [6.07, 6.45) is 3.89. The van der Waals surface area contributed by atoms with E-state index in [0.717, 1.165) is 5.56 Å². The number of para-hydroxylation sites is 2. The van der Waals surface area contributed by atoms with E-state index in [2.05, 4.69) is 10.6 Å². The quantitative estimate of drug-likeness (QED) is 0.541. The fourth-order valence-corrected chi connectivity index (χ4v) is 3.03. The zero-order valence-electron chi connectivity index (χ0n) is 17.0. The SMILES string of the molecule is C/C=C/c1cccc(NC(=O)c2ccccc2NC(=O)c2ccccc2OCC)c1. The molecule has 0 atom stereocenters. The number of carbonyl (C=O) groups is 2. The molecule has 0 aromatic heterocycles. The number of anilines is 2. The van der Waals surface area contributed by atoms with Crippen LogP contribution < -0.4 is 15.4 Å². The van der Waals surface area contributed by atoms with Crippen LogP contribution in [-0.2, 0) is 0 Å². The van der Waals surface area contributed by atoms with Crippen LogP contribution in [0.25, 0.3) is 6.08 Å². The van der Waals surface area contributed by atoms with Crippen molar-refractivity contribution in [1.82, 2.24) is 0 Å². The Hall–Kier alpha value is -3.86. The zero-order chi connectivity index (χ0) is 21.3. The van der Waals surface area contributed by atoms with E-state index in [1.807, 2.05) is 56.3 Å². The van der Waals surface area contributed by atoms with Gasteiger partial charge in [-0.15, -0.1) is 0 Å². The van der Waals surface area contributed by atoms with Gasteiger partial charge < -0.3 is 15.4 Å². The minimum absolute atomic E-state index is 0.304. The van der Waals surface area contributed by atoms with Gasteiger partial charge in [0.25, 0.3) is 11.8 Å². The van der Waals surface area contributed by atoms with Crippen LogP contribution in [0.3, 0.4) is 0 Å². The van der Waals surface area contributed by atoms with Gasteiger partial charge in [0.1, 0.15) is 5.75 Å². The molecule has 0 bridgehead atoms.